The first-order chi connectivity index (χ1) is 11.6. The van der Waals surface area contributed by atoms with Gasteiger partial charge in [0, 0.05) is 0 Å². The molecule has 2 rings (SSSR count). The molecule has 0 fully saturated rings. The summed E-state index contributed by atoms with van der Waals surface area (Å²) in [6, 6.07) is 14.3. The Morgan fingerprint density at radius 1 is 1.12 bits per heavy atom. The molecule has 0 saturated heterocycles. The van der Waals surface area contributed by atoms with Gasteiger partial charge in [0.1, 0.15) is 5.75 Å². The molecule has 2 aromatic rings. The van der Waals surface area contributed by atoms with Crippen molar-refractivity contribution in [2.75, 3.05) is 7.11 Å². The van der Waals surface area contributed by atoms with Gasteiger partial charge in [-0.1, -0.05) is 44.0 Å². The van der Waals surface area contributed by atoms with E-state index in [0.29, 0.717) is 10.9 Å². The second kappa shape index (κ2) is 8.76. The number of nitriles is 1. The van der Waals surface area contributed by atoms with Crippen molar-refractivity contribution in [1.82, 2.24) is 0 Å². The summed E-state index contributed by atoms with van der Waals surface area (Å²) in [4.78, 5) is 0. The first kappa shape index (κ1) is 18.4. The fourth-order valence-electron chi connectivity index (χ4n) is 3.08. The molecule has 0 spiro atoms. The van der Waals surface area contributed by atoms with E-state index in [2.05, 4.69) is 32.0 Å². The molecule has 24 heavy (non-hydrogen) atoms. The minimum absolute atomic E-state index is 0.499. The number of rotatable bonds is 7. The molecule has 0 bridgehead atoms. The first-order valence-corrected chi connectivity index (χ1v) is 8.79. The highest BCUT2D eigenvalue weighted by atomic mass is 35.5. The standard InChI is InChI=1S/C21H24ClNO/c1-4-5-18-12-17(14-23)6-8-19(18)11-15(2)10-16-7-9-20(22)21(13-16)24-3/h6-9,12-13,15H,4-5,10-11H2,1-3H3. The molecule has 0 aliphatic carbocycles. The zero-order valence-electron chi connectivity index (χ0n) is 14.6. The van der Waals surface area contributed by atoms with Crippen molar-refractivity contribution < 1.29 is 4.74 Å². The molecule has 0 heterocycles. The summed E-state index contributed by atoms with van der Waals surface area (Å²) in [5.74, 6) is 1.23. The van der Waals surface area contributed by atoms with Crippen LogP contribution in [0.5, 0.6) is 5.75 Å². The summed E-state index contributed by atoms with van der Waals surface area (Å²) < 4.78 is 5.30. The lowest BCUT2D eigenvalue weighted by Gasteiger charge is -2.16. The third-order valence-corrected chi connectivity index (χ3v) is 4.54. The van der Waals surface area contributed by atoms with Crippen molar-refractivity contribution in [2.24, 2.45) is 5.92 Å². The molecular formula is C21H24ClNO. The zero-order chi connectivity index (χ0) is 17.5. The van der Waals surface area contributed by atoms with Gasteiger partial charge in [-0.25, -0.2) is 0 Å². The van der Waals surface area contributed by atoms with Crippen LogP contribution >= 0.6 is 11.6 Å². The van der Waals surface area contributed by atoms with E-state index in [4.69, 9.17) is 21.6 Å². The van der Waals surface area contributed by atoms with Gasteiger partial charge >= 0.3 is 0 Å². The van der Waals surface area contributed by atoms with Crippen molar-refractivity contribution in [1.29, 1.82) is 5.26 Å². The van der Waals surface area contributed by atoms with E-state index in [-0.39, 0.29) is 0 Å². The van der Waals surface area contributed by atoms with Crippen molar-refractivity contribution >= 4 is 11.6 Å². The second-order valence-electron chi connectivity index (χ2n) is 6.33. The van der Waals surface area contributed by atoms with Gasteiger partial charge in [-0.15, -0.1) is 0 Å². The van der Waals surface area contributed by atoms with Crippen molar-refractivity contribution in [3.63, 3.8) is 0 Å². The highest BCUT2D eigenvalue weighted by Gasteiger charge is 2.11. The third kappa shape index (κ3) is 4.76. The Balaban J connectivity index is 2.12. The monoisotopic (exact) mass is 341 g/mol. The van der Waals surface area contributed by atoms with Gasteiger partial charge in [0.05, 0.1) is 23.8 Å². The average Bonchev–Trinajstić information content (AvgIpc) is 2.58. The molecule has 0 radical (unpaired) electrons. The Bertz CT molecular complexity index is 733. The lowest BCUT2D eigenvalue weighted by Crippen LogP contribution is -2.07. The van der Waals surface area contributed by atoms with Crippen LogP contribution in [0.4, 0.5) is 0 Å². The third-order valence-electron chi connectivity index (χ3n) is 4.22. The molecule has 3 heteroatoms. The van der Waals surface area contributed by atoms with E-state index >= 15 is 0 Å². The highest BCUT2D eigenvalue weighted by molar-refractivity contribution is 6.32. The summed E-state index contributed by atoms with van der Waals surface area (Å²) >= 11 is 6.10. The smallest absolute Gasteiger partial charge is 0.137 e. The molecule has 126 valence electrons. The summed E-state index contributed by atoms with van der Waals surface area (Å²) in [6.07, 6.45) is 4.09. The number of hydrogen-bond acceptors (Lipinski definition) is 2. The molecule has 0 N–H and O–H groups in total. The topological polar surface area (TPSA) is 33.0 Å². The Kier molecular flexibility index (Phi) is 6.70. The van der Waals surface area contributed by atoms with Crippen LogP contribution in [-0.2, 0) is 19.3 Å². The highest BCUT2D eigenvalue weighted by Crippen LogP contribution is 2.27. The van der Waals surface area contributed by atoms with Gasteiger partial charge in [-0.05, 0) is 66.1 Å². The predicted molar refractivity (Wildman–Crippen MR) is 99.7 cm³/mol. The fourth-order valence-corrected chi connectivity index (χ4v) is 3.27. The summed E-state index contributed by atoms with van der Waals surface area (Å²) in [5, 5.41) is 9.74. The minimum atomic E-state index is 0.499. The predicted octanol–water partition coefficient (Wildman–Crippen LogP) is 5.59. The second-order valence-corrected chi connectivity index (χ2v) is 6.73. The largest absolute Gasteiger partial charge is 0.495 e. The Labute approximate surface area is 150 Å². The number of nitrogens with zero attached hydrogens (tertiary/aromatic N) is 1. The molecule has 0 saturated carbocycles. The number of ether oxygens (including phenoxy) is 1. The van der Waals surface area contributed by atoms with E-state index < -0.39 is 0 Å². The Hall–Kier alpha value is -1.98. The minimum Gasteiger partial charge on any atom is -0.495 e. The van der Waals surface area contributed by atoms with Crippen LogP contribution < -0.4 is 4.74 Å². The molecule has 0 aromatic heterocycles. The Morgan fingerprint density at radius 3 is 2.58 bits per heavy atom. The van der Waals surface area contributed by atoms with E-state index in [1.807, 2.05) is 24.3 Å². The van der Waals surface area contributed by atoms with Crippen LogP contribution in [0.3, 0.4) is 0 Å². The van der Waals surface area contributed by atoms with Gasteiger partial charge in [0.25, 0.3) is 0 Å². The normalized spacial score (nSPS) is 11.8. The maximum atomic E-state index is 9.10. The van der Waals surface area contributed by atoms with Crippen molar-refractivity contribution in [3.8, 4) is 11.8 Å². The maximum absolute atomic E-state index is 9.10. The van der Waals surface area contributed by atoms with E-state index in [1.54, 1.807) is 7.11 Å². The number of methoxy groups -OCH3 is 1. The van der Waals surface area contributed by atoms with Crippen LogP contribution in [0.1, 0.15) is 42.5 Å². The van der Waals surface area contributed by atoms with Crippen LogP contribution in [-0.4, -0.2) is 7.11 Å². The molecular weight excluding hydrogens is 318 g/mol. The molecule has 1 unspecified atom stereocenters. The fraction of sp³-hybridized carbons (Fsp3) is 0.381. The van der Waals surface area contributed by atoms with Gasteiger partial charge in [0.2, 0.25) is 0 Å². The van der Waals surface area contributed by atoms with Gasteiger partial charge in [-0.3, -0.25) is 0 Å². The zero-order valence-corrected chi connectivity index (χ0v) is 15.4. The lowest BCUT2D eigenvalue weighted by atomic mass is 9.90. The molecule has 0 aliphatic rings. The molecule has 1 atom stereocenters. The molecule has 2 nitrogen and oxygen atoms in total. The van der Waals surface area contributed by atoms with Gasteiger partial charge < -0.3 is 4.74 Å². The summed E-state index contributed by atoms with van der Waals surface area (Å²) in [6.45, 7) is 4.43. The molecule has 0 aliphatic heterocycles. The number of benzene rings is 2. The van der Waals surface area contributed by atoms with Crippen LogP contribution in [0.15, 0.2) is 36.4 Å². The number of hydrogen-bond donors (Lipinski definition) is 0. The molecule has 0 amide bonds. The van der Waals surface area contributed by atoms with E-state index in [0.717, 1.165) is 37.0 Å². The quantitative estimate of drug-likeness (QED) is 0.657. The number of aryl methyl sites for hydroxylation is 1. The summed E-state index contributed by atoms with van der Waals surface area (Å²) in [7, 11) is 1.64. The van der Waals surface area contributed by atoms with Crippen LogP contribution in [0.25, 0.3) is 0 Å². The SMILES string of the molecule is CCCc1cc(C#N)ccc1CC(C)Cc1ccc(Cl)c(OC)c1. The van der Waals surface area contributed by atoms with E-state index in [1.165, 1.54) is 16.7 Å². The maximum Gasteiger partial charge on any atom is 0.137 e. The van der Waals surface area contributed by atoms with Crippen LogP contribution in [0, 0.1) is 17.2 Å². The first-order valence-electron chi connectivity index (χ1n) is 8.41. The summed E-state index contributed by atoms with van der Waals surface area (Å²) in [5.41, 5.74) is 4.63. The van der Waals surface area contributed by atoms with Crippen molar-refractivity contribution in [2.45, 2.75) is 39.5 Å². The number of halogens is 1. The molecule has 2 aromatic carbocycles. The van der Waals surface area contributed by atoms with Gasteiger partial charge in [-0.2, -0.15) is 5.26 Å². The van der Waals surface area contributed by atoms with Gasteiger partial charge in [0.15, 0.2) is 0 Å². The van der Waals surface area contributed by atoms with Crippen molar-refractivity contribution in [3.05, 3.63) is 63.7 Å². The average molecular weight is 342 g/mol. The van der Waals surface area contributed by atoms with E-state index in [9.17, 15) is 0 Å². The van der Waals surface area contributed by atoms with Crippen LogP contribution in [0.2, 0.25) is 5.02 Å². The lowest BCUT2D eigenvalue weighted by molar-refractivity contribution is 0.414. The Morgan fingerprint density at radius 2 is 1.92 bits per heavy atom.